The minimum Gasteiger partial charge on any atom is -0.495 e. The van der Waals surface area contributed by atoms with Gasteiger partial charge >= 0.3 is 0 Å². The summed E-state index contributed by atoms with van der Waals surface area (Å²) in [7, 11) is -2.21. The van der Waals surface area contributed by atoms with Gasteiger partial charge in [-0.15, -0.1) is 0 Å². The summed E-state index contributed by atoms with van der Waals surface area (Å²) in [6.45, 7) is 3.73. The van der Waals surface area contributed by atoms with E-state index < -0.39 is 15.8 Å². The molecule has 2 aromatic rings. The summed E-state index contributed by atoms with van der Waals surface area (Å²) >= 11 is 0. The summed E-state index contributed by atoms with van der Waals surface area (Å²) in [6, 6.07) is 15.3. The molecule has 0 amide bonds. The molecular formula is C19H22O4S. The summed E-state index contributed by atoms with van der Waals surface area (Å²) in [5, 5.41) is 0. The van der Waals surface area contributed by atoms with E-state index >= 15 is 0 Å². The standard InChI is InChI=1S/C19H22O4S/c1-14(2)16(19(20)15-9-5-4-6-10-15)13-24(21,22)18-12-8-7-11-17(18)23-3/h4-12,14,16H,13H2,1-3H3. The van der Waals surface area contributed by atoms with Crippen molar-refractivity contribution in [3.63, 3.8) is 0 Å². The van der Waals surface area contributed by atoms with Gasteiger partial charge in [-0.05, 0) is 18.1 Å². The molecular weight excluding hydrogens is 324 g/mol. The fourth-order valence-electron chi connectivity index (χ4n) is 2.59. The largest absolute Gasteiger partial charge is 0.495 e. The van der Waals surface area contributed by atoms with Crippen LogP contribution in [0, 0.1) is 11.8 Å². The molecule has 0 saturated carbocycles. The third-order valence-electron chi connectivity index (χ3n) is 4.00. The molecule has 0 aromatic heterocycles. The van der Waals surface area contributed by atoms with Gasteiger partial charge in [0.25, 0.3) is 0 Å². The van der Waals surface area contributed by atoms with Gasteiger partial charge in [-0.25, -0.2) is 8.42 Å². The van der Waals surface area contributed by atoms with Gasteiger partial charge in [-0.2, -0.15) is 0 Å². The molecule has 1 unspecified atom stereocenters. The van der Waals surface area contributed by atoms with Gasteiger partial charge in [0.15, 0.2) is 15.6 Å². The first-order chi connectivity index (χ1) is 11.4. The van der Waals surface area contributed by atoms with Crippen molar-refractivity contribution < 1.29 is 17.9 Å². The number of sulfone groups is 1. The lowest BCUT2D eigenvalue weighted by Gasteiger charge is -2.20. The van der Waals surface area contributed by atoms with Crippen LogP contribution in [0.2, 0.25) is 0 Å². The number of hydrogen-bond donors (Lipinski definition) is 0. The van der Waals surface area contributed by atoms with Crippen molar-refractivity contribution in [2.24, 2.45) is 11.8 Å². The summed E-state index contributed by atoms with van der Waals surface area (Å²) < 4.78 is 30.8. The van der Waals surface area contributed by atoms with E-state index in [1.54, 1.807) is 42.5 Å². The van der Waals surface area contributed by atoms with Crippen molar-refractivity contribution in [3.8, 4) is 5.75 Å². The lowest BCUT2D eigenvalue weighted by atomic mass is 9.89. The van der Waals surface area contributed by atoms with E-state index in [1.165, 1.54) is 13.2 Å². The molecule has 0 aliphatic rings. The average molecular weight is 346 g/mol. The number of carbonyl (C=O) groups excluding carboxylic acids is 1. The SMILES string of the molecule is COc1ccccc1S(=O)(=O)CC(C(=O)c1ccccc1)C(C)C. The Morgan fingerprint density at radius 3 is 2.17 bits per heavy atom. The van der Waals surface area contributed by atoms with E-state index in [-0.39, 0.29) is 22.3 Å². The second kappa shape index (κ2) is 7.62. The lowest BCUT2D eigenvalue weighted by molar-refractivity contribution is 0.0901. The maximum Gasteiger partial charge on any atom is 0.182 e. The van der Waals surface area contributed by atoms with Crippen LogP contribution in [0.15, 0.2) is 59.5 Å². The highest BCUT2D eigenvalue weighted by Gasteiger charge is 2.31. The Hall–Kier alpha value is -2.14. The van der Waals surface area contributed by atoms with Gasteiger partial charge in [0.2, 0.25) is 0 Å². The van der Waals surface area contributed by atoms with Crippen LogP contribution < -0.4 is 4.74 Å². The van der Waals surface area contributed by atoms with Crippen LogP contribution in [0.4, 0.5) is 0 Å². The first-order valence-electron chi connectivity index (χ1n) is 7.82. The molecule has 24 heavy (non-hydrogen) atoms. The van der Waals surface area contributed by atoms with Gasteiger partial charge < -0.3 is 4.74 Å². The van der Waals surface area contributed by atoms with Gasteiger partial charge in [0, 0.05) is 11.5 Å². The molecule has 128 valence electrons. The van der Waals surface area contributed by atoms with Gasteiger partial charge in [0.05, 0.1) is 12.9 Å². The number of hydrogen-bond acceptors (Lipinski definition) is 4. The van der Waals surface area contributed by atoms with Crippen molar-refractivity contribution in [2.75, 3.05) is 12.9 Å². The zero-order valence-electron chi connectivity index (χ0n) is 14.1. The number of benzene rings is 2. The zero-order valence-corrected chi connectivity index (χ0v) is 14.9. The molecule has 0 fully saturated rings. The Morgan fingerprint density at radius 1 is 1.00 bits per heavy atom. The van der Waals surface area contributed by atoms with Crippen molar-refractivity contribution in [3.05, 3.63) is 60.2 Å². The molecule has 0 spiro atoms. The third kappa shape index (κ3) is 4.03. The van der Waals surface area contributed by atoms with Gasteiger partial charge in [-0.1, -0.05) is 56.3 Å². The summed E-state index contributed by atoms with van der Waals surface area (Å²) in [5.41, 5.74) is 0.534. The van der Waals surface area contributed by atoms with E-state index in [9.17, 15) is 13.2 Å². The number of ether oxygens (including phenoxy) is 1. The Morgan fingerprint density at radius 2 is 1.58 bits per heavy atom. The quantitative estimate of drug-likeness (QED) is 0.718. The molecule has 5 heteroatoms. The van der Waals surface area contributed by atoms with E-state index in [2.05, 4.69) is 0 Å². The fourth-order valence-corrected chi connectivity index (χ4v) is 4.52. The second-order valence-corrected chi connectivity index (χ2v) is 8.02. The van der Waals surface area contributed by atoms with Gasteiger partial charge in [-0.3, -0.25) is 4.79 Å². The van der Waals surface area contributed by atoms with Gasteiger partial charge in [0.1, 0.15) is 10.6 Å². The average Bonchev–Trinajstić information content (AvgIpc) is 2.59. The zero-order chi connectivity index (χ0) is 17.7. The Kier molecular flexibility index (Phi) is 5.78. The molecule has 0 aliphatic carbocycles. The van der Waals surface area contributed by atoms with Crippen LogP contribution in [0.25, 0.3) is 0 Å². The molecule has 0 bridgehead atoms. The number of methoxy groups -OCH3 is 1. The molecule has 4 nitrogen and oxygen atoms in total. The number of ketones is 1. The predicted octanol–water partition coefficient (Wildman–Crippen LogP) is 3.62. The topological polar surface area (TPSA) is 60.4 Å². The van der Waals surface area contributed by atoms with E-state index in [0.29, 0.717) is 11.3 Å². The molecule has 1 atom stereocenters. The summed E-state index contributed by atoms with van der Waals surface area (Å²) in [4.78, 5) is 12.9. The normalized spacial score (nSPS) is 12.8. The second-order valence-electron chi connectivity index (χ2n) is 6.01. The fraction of sp³-hybridized carbons (Fsp3) is 0.316. The van der Waals surface area contributed by atoms with Crippen LogP contribution in [0.3, 0.4) is 0 Å². The first-order valence-corrected chi connectivity index (χ1v) is 9.47. The molecule has 2 rings (SSSR count). The van der Waals surface area contributed by atoms with E-state index in [4.69, 9.17) is 4.74 Å². The highest BCUT2D eigenvalue weighted by atomic mass is 32.2. The minimum absolute atomic E-state index is 0.0952. The smallest absolute Gasteiger partial charge is 0.182 e. The first kappa shape index (κ1) is 18.2. The number of rotatable bonds is 7. The van der Waals surface area contributed by atoms with Crippen LogP contribution in [-0.2, 0) is 9.84 Å². The molecule has 0 heterocycles. The summed E-state index contributed by atoms with van der Waals surface area (Å²) in [6.07, 6.45) is 0. The number of para-hydroxylation sites is 1. The summed E-state index contributed by atoms with van der Waals surface area (Å²) in [5.74, 6) is -0.792. The van der Waals surface area contributed by atoms with E-state index in [0.717, 1.165) is 0 Å². The molecule has 0 saturated heterocycles. The maximum absolute atomic E-state index is 12.8. The Bertz CT molecular complexity index is 795. The Balaban J connectivity index is 2.35. The highest BCUT2D eigenvalue weighted by molar-refractivity contribution is 7.91. The highest BCUT2D eigenvalue weighted by Crippen LogP contribution is 2.28. The molecule has 0 N–H and O–H groups in total. The van der Waals surface area contributed by atoms with Crippen LogP contribution in [0.1, 0.15) is 24.2 Å². The van der Waals surface area contributed by atoms with Crippen LogP contribution >= 0.6 is 0 Å². The van der Waals surface area contributed by atoms with Crippen LogP contribution in [-0.4, -0.2) is 27.1 Å². The number of Topliss-reactive ketones (excluding diaryl/α,β-unsaturated/α-hetero) is 1. The van der Waals surface area contributed by atoms with Crippen LogP contribution in [0.5, 0.6) is 5.75 Å². The van der Waals surface area contributed by atoms with Crippen molar-refractivity contribution in [1.82, 2.24) is 0 Å². The minimum atomic E-state index is -3.65. The lowest BCUT2D eigenvalue weighted by Crippen LogP contribution is -2.28. The van der Waals surface area contributed by atoms with Crippen molar-refractivity contribution in [1.29, 1.82) is 0 Å². The molecule has 2 aromatic carbocycles. The number of carbonyl (C=O) groups is 1. The van der Waals surface area contributed by atoms with E-state index in [1.807, 2.05) is 19.9 Å². The molecule has 0 radical (unpaired) electrons. The maximum atomic E-state index is 12.8. The van der Waals surface area contributed by atoms with Crippen molar-refractivity contribution >= 4 is 15.6 Å². The van der Waals surface area contributed by atoms with Crippen molar-refractivity contribution in [2.45, 2.75) is 18.7 Å². The third-order valence-corrected chi connectivity index (χ3v) is 5.81. The molecule has 0 aliphatic heterocycles. The Labute approximate surface area is 143 Å². The predicted molar refractivity (Wildman–Crippen MR) is 94.1 cm³/mol. The monoisotopic (exact) mass is 346 g/mol.